The van der Waals surface area contributed by atoms with Crippen LogP contribution in [0.15, 0.2) is 64.0 Å². The molecular weight excluding hydrogens is 442 g/mol. The van der Waals surface area contributed by atoms with Gasteiger partial charge in [0, 0.05) is 16.8 Å². The van der Waals surface area contributed by atoms with Crippen LogP contribution >= 0.6 is 27.7 Å². The molecule has 0 saturated carbocycles. The zero-order chi connectivity index (χ0) is 18.6. The van der Waals surface area contributed by atoms with Crippen LogP contribution in [0.5, 0.6) is 0 Å². The van der Waals surface area contributed by atoms with Crippen LogP contribution in [0.4, 0.5) is 0 Å². The Balaban J connectivity index is 1.61. The summed E-state index contributed by atoms with van der Waals surface area (Å²) in [7, 11) is -3.55. The van der Waals surface area contributed by atoms with Gasteiger partial charge in [0.1, 0.15) is 0 Å². The molecule has 1 aliphatic carbocycles. The molecule has 0 spiro atoms. The zero-order valence-corrected chi connectivity index (χ0v) is 17.8. The minimum atomic E-state index is -3.55. The summed E-state index contributed by atoms with van der Waals surface area (Å²) in [6.45, 7) is 0.548. The lowest BCUT2D eigenvalue weighted by atomic mass is 10.1. The number of sulfonamides is 1. The first-order valence-electron chi connectivity index (χ1n) is 8.98. The molecule has 3 aromatic rings. The molecule has 1 aliphatic heterocycles. The number of hydrogen-bond donors (Lipinski definition) is 0. The van der Waals surface area contributed by atoms with Crippen LogP contribution in [0.2, 0.25) is 0 Å². The van der Waals surface area contributed by atoms with Crippen LogP contribution in [-0.4, -0.2) is 25.0 Å². The number of nitrogens with zero attached hydrogens (tertiary/aromatic N) is 1. The maximum atomic E-state index is 13.6. The van der Waals surface area contributed by atoms with Crippen molar-refractivity contribution in [3.8, 4) is 0 Å². The Labute approximate surface area is 171 Å². The van der Waals surface area contributed by atoms with E-state index in [9.17, 15) is 8.42 Å². The van der Waals surface area contributed by atoms with E-state index in [0.717, 1.165) is 45.0 Å². The molecule has 27 heavy (non-hydrogen) atoms. The first-order valence-corrected chi connectivity index (χ1v) is 12.3. The minimum Gasteiger partial charge on any atom is -0.207 e. The van der Waals surface area contributed by atoms with Gasteiger partial charge in [0.25, 0.3) is 0 Å². The summed E-state index contributed by atoms with van der Waals surface area (Å²) in [6.07, 6.45) is 1.72. The highest BCUT2D eigenvalue weighted by Crippen LogP contribution is 2.44. The molecule has 6 heteroatoms. The van der Waals surface area contributed by atoms with Gasteiger partial charge in [-0.1, -0.05) is 52.3 Å². The van der Waals surface area contributed by atoms with E-state index in [2.05, 4.69) is 34.1 Å². The second-order valence-corrected chi connectivity index (χ2v) is 10.9. The molecule has 0 radical (unpaired) electrons. The Morgan fingerprint density at radius 1 is 1.00 bits per heavy atom. The quantitative estimate of drug-likeness (QED) is 0.544. The van der Waals surface area contributed by atoms with Crippen LogP contribution in [0.25, 0.3) is 10.8 Å². The van der Waals surface area contributed by atoms with Crippen molar-refractivity contribution in [3.05, 3.63) is 75.8 Å². The number of halogens is 1. The summed E-state index contributed by atoms with van der Waals surface area (Å²) < 4.78 is 29.9. The summed E-state index contributed by atoms with van der Waals surface area (Å²) in [4.78, 5) is 0.490. The van der Waals surface area contributed by atoms with E-state index in [4.69, 9.17) is 0 Å². The van der Waals surface area contributed by atoms with E-state index in [1.165, 1.54) is 5.56 Å². The second kappa shape index (κ2) is 6.62. The van der Waals surface area contributed by atoms with E-state index in [1.807, 2.05) is 36.4 Å². The molecule has 0 N–H and O–H groups in total. The molecule has 138 valence electrons. The third kappa shape index (κ3) is 2.85. The molecule has 3 aromatic carbocycles. The first kappa shape index (κ1) is 17.7. The maximum absolute atomic E-state index is 13.6. The molecule has 3 nitrogen and oxygen atoms in total. The third-order valence-electron chi connectivity index (χ3n) is 5.43. The van der Waals surface area contributed by atoms with E-state index >= 15 is 0 Å². The molecule has 1 atom stereocenters. The smallest absolute Gasteiger partial charge is 0.207 e. The van der Waals surface area contributed by atoms with E-state index in [1.54, 1.807) is 16.1 Å². The van der Waals surface area contributed by atoms with Crippen molar-refractivity contribution < 1.29 is 8.42 Å². The van der Waals surface area contributed by atoms with Crippen molar-refractivity contribution in [2.45, 2.75) is 23.1 Å². The van der Waals surface area contributed by atoms with Gasteiger partial charge in [-0.3, -0.25) is 0 Å². The van der Waals surface area contributed by atoms with Crippen molar-refractivity contribution >= 4 is 48.5 Å². The molecule has 1 saturated heterocycles. The van der Waals surface area contributed by atoms with E-state index in [-0.39, 0.29) is 5.37 Å². The van der Waals surface area contributed by atoms with Gasteiger partial charge in [0.2, 0.25) is 10.0 Å². The molecule has 0 bridgehead atoms. The van der Waals surface area contributed by atoms with Gasteiger partial charge in [0.05, 0.1) is 10.3 Å². The number of benzene rings is 3. The molecule has 2 aliphatic rings. The van der Waals surface area contributed by atoms with Crippen LogP contribution in [0.3, 0.4) is 0 Å². The minimum absolute atomic E-state index is 0.164. The largest absolute Gasteiger partial charge is 0.244 e. The van der Waals surface area contributed by atoms with E-state index < -0.39 is 10.0 Å². The lowest BCUT2D eigenvalue weighted by Crippen LogP contribution is -2.31. The fourth-order valence-electron chi connectivity index (χ4n) is 4.19. The summed E-state index contributed by atoms with van der Waals surface area (Å²) >= 11 is 5.15. The van der Waals surface area contributed by atoms with Crippen molar-refractivity contribution in [3.63, 3.8) is 0 Å². The SMILES string of the molecule is O=S(=O)(c1ccc2cccc3c2c1CC3)N1CCSC1c1ccc(Br)cc1. The van der Waals surface area contributed by atoms with Gasteiger partial charge >= 0.3 is 0 Å². The molecule has 0 aromatic heterocycles. The van der Waals surface area contributed by atoms with Gasteiger partial charge in [-0.05, 0) is 58.5 Å². The predicted octanol–water partition coefficient (Wildman–Crippen LogP) is 5.14. The Bertz CT molecular complexity index is 1140. The Hall–Kier alpha value is -1.34. The first-order chi connectivity index (χ1) is 13.1. The van der Waals surface area contributed by atoms with Crippen molar-refractivity contribution in [2.75, 3.05) is 12.3 Å². The summed E-state index contributed by atoms with van der Waals surface area (Å²) in [5.41, 5.74) is 3.29. The summed E-state index contributed by atoms with van der Waals surface area (Å²) in [6, 6.07) is 18.0. The Morgan fingerprint density at radius 2 is 1.81 bits per heavy atom. The average molecular weight is 460 g/mol. The molecule has 1 unspecified atom stereocenters. The highest BCUT2D eigenvalue weighted by Gasteiger charge is 2.38. The number of thioether (sulfide) groups is 1. The molecule has 1 heterocycles. The highest BCUT2D eigenvalue weighted by molar-refractivity contribution is 9.10. The molecule has 1 fully saturated rings. The molecule has 5 rings (SSSR count). The predicted molar refractivity (Wildman–Crippen MR) is 115 cm³/mol. The lowest BCUT2D eigenvalue weighted by molar-refractivity contribution is 0.434. The van der Waals surface area contributed by atoms with Crippen molar-refractivity contribution in [1.82, 2.24) is 4.31 Å². The number of hydrogen-bond acceptors (Lipinski definition) is 3. The Morgan fingerprint density at radius 3 is 2.63 bits per heavy atom. The van der Waals surface area contributed by atoms with Gasteiger partial charge in [-0.15, -0.1) is 11.8 Å². The molecular formula is C21H18BrNO2S2. The van der Waals surface area contributed by atoms with Crippen LogP contribution < -0.4 is 0 Å². The standard InChI is InChI=1S/C21H18BrNO2S2/c22-17-8-4-16(5-9-17)21-23(12-13-26-21)27(24,25)19-11-7-15-3-1-2-14-6-10-18(19)20(14)15/h1-5,7-9,11,21H,6,10,12-13H2. The zero-order valence-electron chi connectivity index (χ0n) is 14.6. The lowest BCUT2D eigenvalue weighted by Gasteiger charge is -2.25. The third-order valence-corrected chi connectivity index (χ3v) is 9.30. The summed E-state index contributed by atoms with van der Waals surface area (Å²) in [5, 5.41) is 2.12. The van der Waals surface area contributed by atoms with Crippen LogP contribution in [-0.2, 0) is 22.9 Å². The van der Waals surface area contributed by atoms with Crippen molar-refractivity contribution in [2.24, 2.45) is 0 Å². The van der Waals surface area contributed by atoms with E-state index in [0.29, 0.717) is 11.4 Å². The Kier molecular flexibility index (Phi) is 4.35. The molecule has 0 amide bonds. The van der Waals surface area contributed by atoms with Gasteiger partial charge in [-0.2, -0.15) is 4.31 Å². The van der Waals surface area contributed by atoms with Gasteiger partial charge in [-0.25, -0.2) is 8.42 Å². The number of rotatable bonds is 3. The average Bonchev–Trinajstić information content (AvgIpc) is 3.32. The van der Waals surface area contributed by atoms with Crippen LogP contribution in [0, 0.1) is 0 Å². The second-order valence-electron chi connectivity index (χ2n) is 6.95. The highest BCUT2D eigenvalue weighted by atomic mass is 79.9. The number of aryl methyl sites for hydroxylation is 2. The monoisotopic (exact) mass is 459 g/mol. The fourth-order valence-corrected chi connectivity index (χ4v) is 7.95. The van der Waals surface area contributed by atoms with Crippen LogP contribution in [0.1, 0.15) is 22.1 Å². The summed E-state index contributed by atoms with van der Waals surface area (Å²) in [5.74, 6) is 0.814. The normalized spacial score (nSPS) is 19.8. The van der Waals surface area contributed by atoms with Gasteiger partial charge < -0.3 is 0 Å². The maximum Gasteiger partial charge on any atom is 0.244 e. The topological polar surface area (TPSA) is 37.4 Å². The van der Waals surface area contributed by atoms with Crippen molar-refractivity contribution in [1.29, 1.82) is 0 Å². The van der Waals surface area contributed by atoms with Gasteiger partial charge in [0.15, 0.2) is 0 Å². The fraction of sp³-hybridized carbons (Fsp3) is 0.238.